The van der Waals surface area contributed by atoms with E-state index in [1.807, 2.05) is 0 Å². The van der Waals surface area contributed by atoms with Gasteiger partial charge in [0.2, 0.25) is 0 Å². The van der Waals surface area contributed by atoms with E-state index < -0.39 is 159 Å². The first kappa shape index (κ1) is 50.3. The van der Waals surface area contributed by atoms with Crippen molar-refractivity contribution in [2.45, 2.75) is 161 Å². The minimum atomic E-state index is -1.99. The summed E-state index contributed by atoms with van der Waals surface area (Å²) in [6.07, 6.45) is -24.6. The van der Waals surface area contributed by atoms with Gasteiger partial charge in [-0.3, -0.25) is 43.2 Å². The zero-order valence-corrected chi connectivity index (χ0v) is 35.4. The molecule has 61 heavy (non-hydrogen) atoms. The van der Waals surface area contributed by atoms with E-state index in [0.29, 0.717) is 0 Å². The SMILES string of the molecule is CO[C@@H]1O[C@H](COC(C)=O)[C@H](OC(C)=O)[C@H](O[C@@H]2O[C@H](COC(C)=O)[C@H](OC(C)=O)[C@H](OC(C)=O)[C@H]2O[C@@H]2O[C@@H](C)[C@@H](OC(C)=O)[C@@H](OC(C)=O)[C@@H]2OC(C)=O)[C@H]1OC(C)=O. The quantitative estimate of drug-likeness (QED) is 0.136. The second-order valence-corrected chi connectivity index (χ2v) is 13.9. The summed E-state index contributed by atoms with van der Waals surface area (Å²) in [5, 5.41) is 0. The van der Waals surface area contributed by atoms with Crippen LogP contribution in [0.2, 0.25) is 0 Å². The Morgan fingerprint density at radius 1 is 0.361 bits per heavy atom. The highest BCUT2D eigenvalue weighted by molar-refractivity contribution is 5.70. The van der Waals surface area contributed by atoms with Crippen LogP contribution in [-0.2, 0) is 114 Å². The largest absolute Gasteiger partial charge is 0.463 e. The summed E-state index contributed by atoms with van der Waals surface area (Å²) >= 11 is 0. The molecule has 0 aromatic heterocycles. The summed E-state index contributed by atoms with van der Waals surface area (Å²) in [4.78, 5) is 112. The molecule has 24 heteroatoms. The Hall–Kier alpha value is -5.01. The van der Waals surface area contributed by atoms with Gasteiger partial charge in [0.25, 0.3) is 0 Å². The summed E-state index contributed by atoms with van der Waals surface area (Å²) in [5.74, 6) is -8.03. The smallest absolute Gasteiger partial charge is 0.303 e. The molecule has 0 aromatic rings. The van der Waals surface area contributed by atoms with Gasteiger partial charge >= 0.3 is 53.7 Å². The summed E-state index contributed by atoms with van der Waals surface area (Å²) in [7, 11) is 1.17. The molecule has 0 unspecified atom stereocenters. The maximum Gasteiger partial charge on any atom is 0.303 e. The second kappa shape index (κ2) is 22.7. The summed E-state index contributed by atoms with van der Waals surface area (Å²) < 4.78 is 85.8. The highest BCUT2D eigenvalue weighted by Crippen LogP contribution is 2.38. The Labute approximate surface area is 349 Å². The van der Waals surface area contributed by atoms with E-state index in [1.165, 1.54) is 14.0 Å². The van der Waals surface area contributed by atoms with Crippen molar-refractivity contribution in [1.82, 2.24) is 0 Å². The van der Waals surface area contributed by atoms with E-state index in [2.05, 4.69) is 0 Å². The number of methoxy groups -OCH3 is 1. The molecule has 3 heterocycles. The molecule has 344 valence electrons. The molecule has 0 N–H and O–H groups in total. The van der Waals surface area contributed by atoms with Crippen LogP contribution in [0.25, 0.3) is 0 Å². The highest BCUT2D eigenvalue weighted by Gasteiger charge is 2.59. The van der Waals surface area contributed by atoms with Crippen molar-refractivity contribution >= 4 is 53.7 Å². The van der Waals surface area contributed by atoms with E-state index in [4.69, 9.17) is 71.1 Å². The first-order valence-corrected chi connectivity index (χ1v) is 18.8. The van der Waals surface area contributed by atoms with Crippen LogP contribution in [0.3, 0.4) is 0 Å². The molecule has 3 rings (SSSR count). The normalized spacial score (nSPS) is 33.4. The third kappa shape index (κ3) is 14.6. The molecular formula is C37H52O24. The van der Waals surface area contributed by atoms with Crippen LogP contribution >= 0.6 is 0 Å². The van der Waals surface area contributed by atoms with E-state index in [-0.39, 0.29) is 0 Å². The molecule has 3 fully saturated rings. The fourth-order valence-electron chi connectivity index (χ4n) is 6.72. The van der Waals surface area contributed by atoms with Gasteiger partial charge in [-0.05, 0) is 6.92 Å². The molecule has 0 aliphatic carbocycles. The van der Waals surface area contributed by atoms with E-state index in [1.54, 1.807) is 0 Å². The maximum absolute atomic E-state index is 12.8. The third-order valence-electron chi connectivity index (χ3n) is 8.74. The van der Waals surface area contributed by atoms with Gasteiger partial charge in [0, 0.05) is 69.4 Å². The lowest BCUT2D eigenvalue weighted by atomic mass is 9.95. The molecule has 0 spiro atoms. The molecule has 0 aromatic carbocycles. The van der Waals surface area contributed by atoms with Gasteiger partial charge < -0.3 is 71.1 Å². The topological polar surface area (TPSA) is 292 Å². The molecule has 3 saturated heterocycles. The highest BCUT2D eigenvalue weighted by atomic mass is 16.8. The molecule has 15 atom stereocenters. The van der Waals surface area contributed by atoms with E-state index in [0.717, 1.165) is 62.3 Å². The number of carbonyl (C=O) groups is 9. The number of hydrogen-bond donors (Lipinski definition) is 0. The van der Waals surface area contributed by atoms with Crippen LogP contribution in [0.4, 0.5) is 0 Å². The molecule has 24 nitrogen and oxygen atoms in total. The molecule has 3 aliphatic rings. The molecular weight excluding hydrogens is 828 g/mol. The first-order valence-electron chi connectivity index (χ1n) is 18.8. The van der Waals surface area contributed by atoms with Gasteiger partial charge in [-0.25, -0.2) is 0 Å². The second-order valence-electron chi connectivity index (χ2n) is 13.9. The molecule has 0 radical (unpaired) electrons. The monoisotopic (exact) mass is 880 g/mol. The van der Waals surface area contributed by atoms with Gasteiger partial charge in [-0.15, -0.1) is 0 Å². The molecule has 3 aliphatic heterocycles. The number of hydrogen-bond acceptors (Lipinski definition) is 24. The maximum atomic E-state index is 12.8. The van der Waals surface area contributed by atoms with Crippen LogP contribution in [0.5, 0.6) is 0 Å². The van der Waals surface area contributed by atoms with E-state index in [9.17, 15) is 43.2 Å². The standard InChI is InChI=1S/C37H52O24/c1-14-26(51-17(4)40)29(54-20(7)43)33(57-23(10)46)36(50-14)61-34-30(55-21(8)44)27(52-18(5)41)25(13-49-16(3)39)59-37(34)60-31-28(53-19(6)42)24(12-48-15(2)38)58-35(47-11)32(31)56-22(9)45/h14,24-37H,12-13H2,1-11H3/t14-,24+,25+,26+,27-,28-,29+,30-,31-,32+,33-,34+,35+,36-,37-/m0/s1. The van der Waals surface area contributed by atoms with Crippen molar-refractivity contribution in [2.75, 3.05) is 20.3 Å². The zero-order chi connectivity index (χ0) is 45.9. The number of rotatable bonds is 16. The van der Waals surface area contributed by atoms with Crippen LogP contribution in [-0.4, -0.2) is 166 Å². The predicted octanol–water partition coefficient (Wildman–Crippen LogP) is -0.754. The van der Waals surface area contributed by atoms with Crippen molar-refractivity contribution in [3.8, 4) is 0 Å². The average Bonchev–Trinajstić information content (AvgIpc) is 3.12. The molecule has 0 saturated carbocycles. The van der Waals surface area contributed by atoms with Gasteiger partial charge in [-0.2, -0.15) is 0 Å². The van der Waals surface area contributed by atoms with Crippen molar-refractivity contribution in [2.24, 2.45) is 0 Å². The Bertz CT molecular complexity index is 1610. The lowest BCUT2D eigenvalue weighted by molar-refractivity contribution is -0.387. The van der Waals surface area contributed by atoms with Crippen molar-refractivity contribution in [3.63, 3.8) is 0 Å². The minimum absolute atomic E-state index is 0.566. The average molecular weight is 881 g/mol. The van der Waals surface area contributed by atoms with Crippen LogP contribution in [0, 0.1) is 0 Å². The Balaban J connectivity index is 2.34. The Morgan fingerprint density at radius 3 is 1.08 bits per heavy atom. The lowest BCUT2D eigenvalue weighted by Crippen LogP contribution is -2.69. The van der Waals surface area contributed by atoms with Crippen LogP contribution in [0.15, 0.2) is 0 Å². The van der Waals surface area contributed by atoms with Gasteiger partial charge in [0.05, 0.1) is 6.10 Å². The predicted molar refractivity (Wildman–Crippen MR) is 191 cm³/mol. The fourth-order valence-corrected chi connectivity index (χ4v) is 6.72. The van der Waals surface area contributed by atoms with E-state index >= 15 is 0 Å². The first-order chi connectivity index (χ1) is 28.5. The zero-order valence-electron chi connectivity index (χ0n) is 35.4. The summed E-state index contributed by atoms with van der Waals surface area (Å²) in [6.45, 7) is 9.50. The van der Waals surface area contributed by atoms with Crippen LogP contribution < -0.4 is 0 Å². The van der Waals surface area contributed by atoms with Crippen molar-refractivity contribution in [1.29, 1.82) is 0 Å². The lowest BCUT2D eigenvalue weighted by Gasteiger charge is -2.50. The third-order valence-corrected chi connectivity index (χ3v) is 8.74. The van der Waals surface area contributed by atoms with Crippen LogP contribution in [0.1, 0.15) is 69.2 Å². The summed E-state index contributed by atoms with van der Waals surface area (Å²) in [5.41, 5.74) is 0. The number of carbonyl (C=O) groups excluding carboxylic acids is 9. The van der Waals surface area contributed by atoms with Gasteiger partial charge in [0.15, 0.2) is 67.7 Å². The number of esters is 9. The van der Waals surface area contributed by atoms with Gasteiger partial charge in [-0.1, -0.05) is 0 Å². The fraction of sp³-hybridized carbons (Fsp3) is 0.757. The van der Waals surface area contributed by atoms with Crippen molar-refractivity contribution < 1.29 is 114 Å². The summed E-state index contributed by atoms with van der Waals surface area (Å²) in [6, 6.07) is 0. The van der Waals surface area contributed by atoms with Crippen molar-refractivity contribution in [3.05, 3.63) is 0 Å². The Kier molecular flexibility index (Phi) is 18.8. The molecule has 0 amide bonds. The Morgan fingerprint density at radius 2 is 0.672 bits per heavy atom. The molecule has 0 bridgehead atoms. The minimum Gasteiger partial charge on any atom is -0.463 e. The van der Waals surface area contributed by atoms with Gasteiger partial charge in [0.1, 0.15) is 31.5 Å². The number of ether oxygens (including phenoxy) is 15.